The molecule has 2 N–H and O–H groups in total. The summed E-state index contributed by atoms with van der Waals surface area (Å²) in [5.41, 5.74) is 8.37. The number of hydrogen-bond acceptors (Lipinski definition) is 6. The highest BCUT2D eigenvalue weighted by atomic mass is 15.2. The van der Waals surface area contributed by atoms with Crippen molar-refractivity contribution in [2.45, 2.75) is 45.1 Å². The van der Waals surface area contributed by atoms with Gasteiger partial charge in [0.25, 0.3) is 0 Å². The van der Waals surface area contributed by atoms with E-state index in [0.29, 0.717) is 0 Å². The molecule has 8 heteroatoms. The predicted octanol–water partition coefficient (Wildman–Crippen LogP) is 5.54. The van der Waals surface area contributed by atoms with Gasteiger partial charge in [-0.3, -0.25) is 20.0 Å². The van der Waals surface area contributed by atoms with E-state index in [0.717, 1.165) is 69.9 Å². The third kappa shape index (κ3) is 4.35. The second-order valence-corrected chi connectivity index (χ2v) is 10.4. The zero-order chi connectivity index (χ0) is 24.6. The first-order valence-corrected chi connectivity index (χ1v) is 13.6. The number of hydrogen-bond donors (Lipinski definition) is 2. The molecule has 4 aromatic heterocycles. The summed E-state index contributed by atoms with van der Waals surface area (Å²) in [7, 11) is 0. The molecule has 0 unspecified atom stereocenters. The highest BCUT2D eigenvalue weighted by molar-refractivity contribution is 5.97. The fraction of sp³-hybridized carbons (Fsp3) is 0.379. The molecular formula is C29H32N8. The Bertz CT molecular complexity index is 1540. The van der Waals surface area contributed by atoms with E-state index in [4.69, 9.17) is 4.98 Å². The number of benzene rings is 1. The summed E-state index contributed by atoms with van der Waals surface area (Å²) in [6.07, 6.45) is 15.4. The smallest absolute Gasteiger partial charge is 0.159 e. The van der Waals surface area contributed by atoms with Crippen molar-refractivity contribution in [2.75, 3.05) is 31.1 Å². The number of aromatic nitrogens is 6. The molecule has 0 aliphatic carbocycles. The molecule has 0 amide bonds. The summed E-state index contributed by atoms with van der Waals surface area (Å²) in [5.74, 6) is 0.765. The number of aromatic amines is 2. The zero-order valence-electron chi connectivity index (χ0n) is 21.1. The van der Waals surface area contributed by atoms with Crippen molar-refractivity contribution in [3.05, 3.63) is 54.6 Å². The van der Waals surface area contributed by atoms with Crippen LogP contribution in [0.4, 0.5) is 5.69 Å². The number of anilines is 1. The molecule has 6 heterocycles. The molecule has 0 radical (unpaired) electrons. The van der Waals surface area contributed by atoms with Crippen LogP contribution in [-0.2, 0) is 6.54 Å². The average Bonchev–Trinajstić information content (AvgIpc) is 3.58. The van der Waals surface area contributed by atoms with Crippen molar-refractivity contribution in [3.8, 4) is 22.6 Å². The number of likely N-dealkylation sites (tertiary alicyclic amines) is 1. The van der Waals surface area contributed by atoms with Crippen molar-refractivity contribution >= 4 is 27.6 Å². The van der Waals surface area contributed by atoms with Gasteiger partial charge in [0.15, 0.2) is 5.82 Å². The molecule has 2 saturated heterocycles. The SMILES string of the molecule is c1ncc(-c2ccc3[nH]nc(-c4nc5c(N6CCCCC6)cncc5[nH]4)c3c2)cc1CN1CCCCC1. The first-order valence-electron chi connectivity index (χ1n) is 13.6. The Hall–Kier alpha value is -3.78. The largest absolute Gasteiger partial charge is 0.368 e. The van der Waals surface area contributed by atoms with Gasteiger partial charge in [0.1, 0.15) is 11.2 Å². The maximum Gasteiger partial charge on any atom is 0.159 e. The lowest BCUT2D eigenvalue weighted by molar-refractivity contribution is 0.220. The number of piperidine rings is 2. The number of fused-ring (bicyclic) bond motifs is 2. The van der Waals surface area contributed by atoms with Crippen molar-refractivity contribution in [1.29, 1.82) is 0 Å². The zero-order valence-corrected chi connectivity index (χ0v) is 21.1. The minimum atomic E-state index is 0.765. The fourth-order valence-electron chi connectivity index (χ4n) is 5.88. The van der Waals surface area contributed by atoms with E-state index in [1.165, 1.54) is 57.2 Å². The second kappa shape index (κ2) is 9.59. The van der Waals surface area contributed by atoms with E-state index in [2.05, 4.69) is 59.2 Å². The number of imidazole rings is 1. The van der Waals surface area contributed by atoms with E-state index in [1.807, 2.05) is 24.8 Å². The van der Waals surface area contributed by atoms with Gasteiger partial charge < -0.3 is 9.88 Å². The summed E-state index contributed by atoms with van der Waals surface area (Å²) in [6, 6.07) is 8.72. The molecule has 37 heavy (non-hydrogen) atoms. The molecule has 2 aliphatic heterocycles. The first kappa shape index (κ1) is 22.4. The highest BCUT2D eigenvalue weighted by Gasteiger charge is 2.19. The first-order chi connectivity index (χ1) is 18.3. The number of nitrogens with zero attached hydrogens (tertiary/aromatic N) is 6. The lowest BCUT2D eigenvalue weighted by Crippen LogP contribution is -2.29. The molecule has 0 saturated carbocycles. The van der Waals surface area contributed by atoms with Crippen LogP contribution in [0.1, 0.15) is 44.1 Å². The Balaban J connectivity index is 1.23. The van der Waals surface area contributed by atoms with Crippen LogP contribution in [0.15, 0.2) is 49.1 Å². The quantitative estimate of drug-likeness (QED) is 0.335. The molecule has 0 bridgehead atoms. The van der Waals surface area contributed by atoms with E-state index in [1.54, 1.807) is 0 Å². The van der Waals surface area contributed by atoms with Gasteiger partial charge in [-0.25, -0.2) is 4.98 Å². The molecule has 2 fully saturated rings. The van der Waals surface area contributed by atoms with Crippen LogP contribution in [0.5, 0.6) is 0 Å². The van der Waals surface area contributed by atoms with E-state index in [9.17, 15) is 0 Å². The Labute approximate surface area is 216 Å². The van der Waals surface area contributed by atoms with Gasteiger partial charge in [-0.05, 0) is 74.5 Å². The van der Waals surface area contributed by atoms with E-state index >= 15 is 0 Å². The maximum atomic E-state index is 5.02. The van der Waals surface area contributed by atoms with Gasteiger partial charge in [-0.1, -0.05) is 12.5 Å². The molecule has 0 spiro atoms. The Morgan fingerprint density at radius 2 is 1.57 bits per heavy atom. The topological polar surface area (TPSA) is 89.6 Å². The second-order valence-electron chi connectivity index (χ2n) is 10.4. The molecular weight excluding hydrogens is 460 g/mol. The van der Waals surface area contributed by atoms with E-state index in [-0.39, 0.29) is 0 Å². The van der Waals surface area contributed by atoms with Gasteiger partial charge in [0.05, 0.1) is 29.1 Å². The summed E-state index contributed by atoms with van der Waals surface area (Å²) >= 11 is 0. The van der Waals surface area contributed by atoms with Crippen LogP contribution in [0, 0.1) is 0 Å². The van der Waals surface area contributed by atoms with Gasteiger partial charge in [0, 0.05) is 43.0 Å². The van der Waals surface area contributed by atoms with Crippen LogP contribution in [0.3, 0.4) is 0 Å². The van der Waals surface area contributed by atoms with Crippen molar-refractivity contribution in [1.82, 2.24) is 35.0 Å². The summed E-state index contributed by atoms with van der Waals surface area (Å²) < 4.78 is 0. The molecule has 2 aliphatic rings. The minimum Gasteiger partial charge on any atom is -0.368 e. The summed E-state index contributed by atoms with van der Waals surface area (Å²) in [6.45, 7) is 5.44. The van der Waals surface area contributed by atoms with Crippen molar-refractivity contribution in [3.63, 3.8) is 0 Å². The third-order valence-electron chi connectivity index (χ3n) is 7.84. The number of H-pyrrole nitrogens is 2. The molecule has 8 nitrogen and oxygen atoms in total. The average molecular weight is 493 g/mol. The Kier molecular flexibility index (Phi) is 5.81. The van der Waals surface area contributed by atoms with Crippen molar-refractivity contribution in [2.24, 2.45) is 0 Å². The van der Waals surface area contributed by atoms with Gasteiger partial charge in [-0.2, -0.15) is 5.10 Å². The van der Waals surface area contributed by atoms with Gasteiger partial charge in [0.2, 0.25) is 0 Å². The minimum absolute atomic E-state index is 0.765. The third-order valence-corrected chi connectivity index (χ3v) is 7.84. The molecule has 188 valence electrons. The Morgan fingerprint density at radius 3 is 2.43 bits per heavy atom. The normalized spacial score (nSPS) is 17.1. The number of pyridine rings is 2. The lowest BCUT2D eigenvalue weighted by Gasteiger charge is -2.28. The number of rotatable bonds is 5. The van der Waals surface area contributed by atoms with E-state index < -0.39 is 0 Å². The summed E-state index contributed by atoms with van der Waals surface area (Å²) in [5, 5.41) is 8.90. The van der Waals surface area contributed by atoms with Crippen LogP contribution >= 0.6 is 0 Å². The summed E-state index contributed by atoms with van der Waals surface area (Å²) in [4.78, 5) is 22.5. The Morgan fingerprint density at radius 1 is 0.757 bits per heavy atom. The van der Waals surface area contributed by atoms with Crippen LogP contribution in [0.25, 0.3) is 44.6 Å². The molecule has 0 atom stereocenters. The van der Waals surface area contributed by atoms with Crippen LogP contribution in [0.2, 0.25) is 0 Å². The molecule has 5 aromatic rings. The van der Waals surface area contributed by atoms with Gasteiger partial charge in [-0.15, -0.1) is 0 Å². The standard InChI is InChI=1S/C29H32N8/c1-3-9-36(10-4-1)19-20-13-22(16-30-15-20)21-7-8-24-23(14-21)27(35-34-24)29-32-25-17-31-18-26(28(25)33-29)37-11-5-2-6-12-37/h7-8,13-18H,1-6,9-12,19H2,(H,32,33)(H,34,35). The predicted molar refractivity (Wildman–Crippen MR) is 147 cm³/mol. The van der Waals surface area contributed by atoms with Crippen LogP contribution in [-0.4, -0.2) is 61.2 Å². The van der Waals surface area contributed by atoms with Crippen LogP contribution < -0.4 is 4.90 Å². The van der Waals surface area contributed by atoms with Crippen molar-refractivity contribution < 1.29 is 0 Å². The maximum absolute atomic E-state index is 5.02. The van der Waals surface area contributed by atoms with Gasteiger partial charge >= 0.3 is 0 Å². The number of nitrogens with one attached hydrogen (secondary N) is 2. The lowest BCUT2D eigenvalue weighted by atomic mass is 10.0. The molecule has 1 aromatic carbocycles. The monoisotopic (exact) mass is 492 g/mol. The fourth-order valence-corrected chi connectivity index (χ4v) is 5.88. The highest BCUT2D eigenvalue weighted by Crippen LogP contribution is 2.33. The molecule has 7 rings (SSSR count).